The molecule has 1 aliphatic heterocycles. The van der Waals surface area contributed by atoms with Crippen molar-refractivity contribution in [2.24, 2.45) is 17.6 Å². The van der Waals surface area contributed by atoms with E-state index in [0.717, 1.165) is 56.6 Å². The zero-order valence-electron chi connectivity index (χ0n) is 21.8. The van der Waals surface area contributed by atoms with Crippen LogP contribution in [0.15, 0.2) is 48.5 Å². The summed E-state index contributed by atoms with van der Waals surface area (Å²) in [5, 5.41) is 0. The molecule has 0 saturated carbocycles. The first-order chi connectivity index (χ1) is 16.8. The van der Waals surface area contributed by atoms with Crippen LogP contribution in [-0.2, 0) is 11.4 Å². The van der Waals surface area contributed by atoms with Crippen molar-refractivity contribution in [3.63, 3.8) is 0 Å². The largest absolute Gasteiger partial charge is 0.489 e. The topological polar surface area (TPSA) is 58.8 Å². The molecule has 5 nitrogen and oxygen atoms in total. The Labute approximate surface area is 210 Å². The predicted octanol–water partition coefficient (Wildman–Crippen LogP) is 5.62. The van der Waals surface area contributed by atoms with Gasteiger partial charge in [-0.3, -0.25) is 4.79 Å². The molecule has 1 aliphatic rings. The van der Waals surface area contributed by atoms with E-state index in [4.69, 9.17) is 10.5 Å². The zero-order chi connectivity index (χ0) is 25.4. The number of benzene rings is 2. The lowest BCUT2D eigenvalue weighted by molar-refractivity contribution is -0.134. The van der Waals surface area contributed by atoms with E-state index in [9.17, 15) is 9.18 Å². The lowest BCUT2D eigenvalue weighted by Crippen LogP contribution is -2.52. The molecule has 1 saturated heterocycles. The number of ether oxygens (including phenoxy) is 1. The Hall–Kier alpha value is -2.60. The van der Waals surface area contributed by atoms with Gasteiger partial charge in [0.2, 0.25) is 5.91 Å². The van der Waals surface area contributed by atoms with Crippen LogP contribution in [0.2, 0.25) is 0 Å². The van der Waals surface area contributed by atoms with Gasteiger partial charge in [0.15, 0.2) is 0 Å². The SMILES string of the molecule is CCC(C)[C@H](N)C(=O)N1CCC(N(CCC(C)C)c2ccc(OCc3ccc(F)cc3)cc2)CC1. The molecule has 3 rings (SSSR count). The summed E-state index contributed by atoms with van der Waals surface area (Å²) in [4.78, 5) is 17.3. The second-order valence-electron chi connectivity index (χ2n) is 10.3. The number of hydrogen-bond acceptors (Lipinski definition) is 4. The molecule has 2 aromatic rings. The average molecular weight is 484 g/mol. The molecule has 0 bridgehead atoms. The summed E-state index contributed by atoms with van der Waals surface area (Å²) >= 11 is 0. The summed E-state index contributed by atoms with van der Waals surface area (Å²) in [6.07, 6.45) is 3.91. The van der Waals surface area contributed by atoms with Gasteiger partial charge in [-0.1, -0.05) is 46.2 Å². The molecule has 1 fully saturated rings. The van der Waals surface area contributed by atoms with Gasteiger partial charge in [0.25, 0.3) is 0 Å². The first-order valence-electron chi connectivity index (χ1n) is 13.1. The van der Waals surface area contributed by atoms with Crippen molar-refractivity contribution in [2.75, 3.05) is 24.5 Å². The summed E-state index contributed by atoms with van der Waals surface area (Å²) in [5.41, 5.74) is 8.34. The average Bonchev–Trinajstić information content (AvgIpc) is 2.88. The molecule has 1 amide bonds. The Morgan fingerprint density at radius 3 is 2.29 bits per heavy atom. The number of anilines is 1. The molecule has 2 atom stereocenters. The van der Waals surface area contributed by atoms with Crippen LogP contribution in [0.3, 0.4) is 0 Å². The molecule has 192 valence electrons. The first kappa shape index (κ1) is 27.0. The van der Waals surface area contributed by atoms with Crippen molar-refractivity contribution in [3.05, 3.63) is 59.9 Å². The third-order valence-corrected chi connectivity index (χ3v) is 7.19. The van der Waals surface area contributed by atoms with E-state index in [1.807, 2.05) is 17.0 Å². The fraction of sp³-hybridized carbons (Fsp3) is 0.552. The van der Waals surface area contributed by atoms with E-state index in [1.165, 1.54) is 17.8 Å². The van der Waals surface area contributed by atoms with E-state index >= 15 is 0 Å². The number of rotatable bonds is 11. The number of amides is 1. The quantitative estimate of drug-likeness (QED) is 0.451. The minimum absolute atomic E-state index is 0.0918. The lowest BCUT2D eigenvalue weighted by Gasteiger charge is -2.41. The zero-order valence-corrected chi connectivity index (χ0v) is 21.8. The minimum atomic E-state index is -0.406. The summed E-state index contributed by atoms with van der Waals surface area (Å²) in [5.74, 6) is 1.46. The smallest absolute Gasteiger partial charge is 0.239 e. The van der Waals surface area contributed by atoms with Crippen LogP contribution in [0.1, 0.15) is 58.9 Å². The van der Waals surface area contributed by atoms with Crippen molar-refractivity contribution in [3.8, 4) is 5.75 Å². The molecule has 0 radical (unpaired) electrons. The Balaban J connectivity index is 1.62. The van der Waals surface area contributed by atoms with E-state index in [2.05, 4.69) is 44.7 Å². The number of nitrogens with two attached hydrogens (primary N) is 1. The molecule has 1 heterocycles. The fourth-order valence-electron chi connectivity index (χ4n) is 4.51. The number of nitrogens with zero attached hydrogens (tertiary/aromatic N) is 2. The Morgan fingerprint density at radius 2 is 1.71 bits per heavy atom. The molecule has 0 aliphatic carbocycles. The number of carbonyl (C=O) groups excluding carboxylic acids is 1. The Bertz CT molecular complexity index is 909. The van der Waals surface area contributed by atoms with E-state index < -0.39 is 6.04 Å². The second kappa shape index (κ2) is 12.9. The van der Waals surface area contributed by atoms with Gasteiger partial charge < -0.3 is 20.3 Å². The monoisotopic (exact) mass is 483 g/mol. The van der Waals surface area contributed by atoms with E-state index in [-0.39, 0.29) is 17.6 Å². The van der Waals surface area contributed by atoms with Crippen LogP contribution in [-0.4, -0.2) is 42.5 Å². The number of piperidine rings is 1. The fourth-order valence-corrected chi connectivity index (χ4v) is 4.51. The molecule has 2 N–H and O–H groups in total. The summed E-state index contributed by atoms with van der Waals surface area (Å²) < 4.78 is 19.0. The highest BCUT2D eigenvalue weighted by atomic mass is 19.1. The van der Waals surface area contributed by atoms with Crippen molar-refractivity contribution in [1.82, 2.24) is 4.90 Å². The standard InChI is InChI=1S/C29H42FN3O2/c1-5-22(4)28(31)29(34)32-17-15-26(16-18-32)33(19-14-21(2)3)25-10-12-27(13-11-25)35-20-23-6-8-24(30)9-7-23/h6-13,21-22,26,28H,5,14-20,31H2,1-4H3/t22?,28-/m0/s1. The number of hydrogen-bond donors (Lipinski definition) is 1. The van der Waals surface area contributed by atoms with Gasteiger partial charge in [-0.15, -0.1) is 0 Å². The van der Waals surface area contributed by atoms with E-state index in [0.29, 0.717) is 18.6 Å². The number of halogens is 1. The maximum atomic E-state index is 13.1. The summed E-state index contributed by atoms with van der Waals surface area (Å²) in [6.45, 7) is 11.5. The van der Waals surface area contributed by atoms with Crippen LogP contribution in [0.4, 0.5) is 10.1 Å². The van der Waals surface area contributed by atoms with Gasteiger partial charge in [-0.2, -0.15) is 0 Å². The summed E-state index contributed by atoms with van der Waals surface area (Å²) in [6, 6.07) is 14.6. The van der Waals surface area contributed by atoms with Crippen molar-refractivity contribution in [1.29, 1.82) is 0 Å². The van der Waals surface area contributed by atoms with Crippen molar-refractivity contribution < 1.29 is 13.9 Å². The molecule has 0 aromatic heterocycles. The van der Waals surface area contributed by atoms with Gasteiger partial charge in [0.1, 0.15) is 18.2 Å². The van der Waals surface area contributed by atoms with Gasteiger partial charge in [-0.25, -0.2) is 4.39 Å². The third kappa shape index (κ3) is 7.69. The Morgan fingerprint density at radius 1 is 1.09 bits per heavy atom. The molecular formula is C29H42FN3O2. The highest BCUT2D eigenvalue weighted by molar-refractivity contribution is 5.82. The summed E-state index contributed by atoms with van der Waals surface area (Å²) in [7, 11) is 0. The minimum Gasteiger partial charge on any atom is -0.489 e. The van der Waals surface area contributed by atoms with Crippen molar-refractivity contribution in [2.45, 2.75) is 72.1 Å². The van der Waals surface area contributed by atoms with Gasteiger partial charge in [0.05, 0.1) is 6.04 Å². The van der Waals surface area contributed by atoms with Gasteiger partial charge >= 0.3 is 0 Å². The molecule has 35 heavy (non-hydrogen) atoms. The first-order valence-corrected chi connectivity index (χ1v) is 13.1. The van der Waals surface area contributed by atoms with Crippen LogP contribution in [0.25, 0.3) is 0 Å². The molecule has 0 spiro atoms. The molecule has 6 heteroatoms. The third-order valence-electron chi connectivity index (χ3n) is 7.19. The highest BCUT2D eigenvalue weighted by Crippen LogP contribution is 2.27. The molecule has 2 aromatic carbocycles. The van der Waals surface area contributed by atoms with Gasteiger partial charge in [-0.05, 0) is 73.1 Å². The maximum absolute atomic E-state index is 13.1. The van der Waals surface area contributed by atoms with Crippen LogP contribution in [0, 0.1) is 17.7 Å². The predicted molar refractivity (Wildman–Crippen MR) is 141 cm³/mol. The second-order valence-corrected chi connectivity index (χ2v) is 10.3. The number of carbonyl (C=O) groups is 1. The number of likely N-dealkylation sites (tertiary alicyclic amines) is 1. The van der Waals surface area contributed by atoms with Crippen LogP contribution < -0.4 is 15.4 Å². The highest BCUT2D eigenvalue weighted by Gasteiger charge is 2.31. The van der Waals surface area contributed by atoms with Crippen LogP contribution >= 0.6 is 0 Å². The maximum Gasteiger partial charge on any atom is 0.239 e. The Kier molecular flexibility index (Phi) is 9.96. The molecule has 1 unspecified atom stereocenters. The molecular weight excluding hydrogens is 441 g/mol. The lowest BCUT2D eigenvalue weighted by atomic mass is 9.96. The normalized spacial score (nSPS) is 16.3. The van der Waals surface area contributed by atoms with Gasteiger partial charge in [0, 0.05) is 31.4 Å². The van der Waals surface area contributed by atoms with E-state index in [1.54, 1.807) is 12.1 Å². The van der Waals surface area contributed by atoms with Crippen molar-refractivity contribution >= 4 is 11.6 Å². The van der Waals surface area contributed by atoms with Crippen LogP contribution in [0.5, 0.6) is 5.75 Å².